The number of hydrogen-bond donors (Lipinski definition) is 2. The summed E-state index contributed by atoms with van der Waals surface area (Å²) < 4.78 is 5.40. The van der Waals surface area contributed by atoms with Crippen LogP contribution in [0.25, 0.3) is 0 Å². The van der Waals surface area contributed by atoms with Crippen LogP contribution in [-0.2, 0) is 4.74 Å². The Hall–Kier alpha value is -1.06. The van der Waals surface area contributed by atoms with E-state index in [-0.39, 0.29) is 24.0 Å². The predicted octanol–water partition coefficient (Wildman–Crippen LogP) is 1.18. The number of hydrogen-bond acceptors (Lipinski definition) is 3. The van der Waals surface area contributed by atoms with Gasteiger partial charge < -0.3 is 15.6 Å². The van der Waals surface area contributed by atoms with Crippen LogP contribution in [0.3, 0.4) is 0 Å². The number of ether oxygens (including phenoxy) is 1. The first-order valence-corrected chi connectivity index (χ1v) is 4.38. The highest BCUT2D eigenvalue weighted by molar-refractivity contribution is 5.30. The van der Waals surface area contributed by atoms with E-state index in [0.29, 0.717) is 0 Å². The SMILES string of the molecule is CC(N)C1OC1c1ccc(O)cc1. The first-order chi connectivity index (χ1) is 6.18. The van der Waals surface area contributed by atoms with E-state index in [1.165, 1.54) is 0 Å². The zero-order valence-electron chi connectivity index (χ0n) is 7.47. The fourth-order valence-corrected chi connectivity index (χ4v) is 1.46. The number of epoxide rings is 1. The first kappa shape index (κ1) is 8.53. The molecule has 1 aliphatic rings. The fourth-order valence-electron chi connectivity index (χ4n) is 1.46. The van der Waals surface area contributed by atoms with Crippen molar-refractivity contribution in [2.75, 3.05) is 0 Å². The molecule has 2 rings (SSSR count). The molecule has 3 N–H and O–H groups in total. The van der Waals surface area contributed by atoms with Gasteiger partial charge in [-0.05, 0) is 24.6 Å². The topological polar surface area (TPSA) is 58.8 Å². The van der Waals surface area contributed by atoms with Crippen molar-refractivity contribution in [1.29, 1.82) is 0 Å². The number of benzene rings is 1. The lowest BCUT2D eigenvalue weighted by Crippen LogP contribution is -2.22. The molecule has 1 aromatic rings. The second-order valence-electron chi connectivity index (χ2n) is 3.47. The smallest absolute Gasteiger partial charge is 0.115 e. The van der Waals surface area contributed by atoms with Gasteiger partial charge in [-0.1, -0.05) is 12.1 Å². The van der Waals surface area contributed by atoms with Crippen LogP contribution in [0.15, 0.2) is 24.3 Å². The highest BCUT2D eigenvalue weighted by Crippen LogP contribution is 2.40. The lowest BCUT2D eigenvalue weighted by Gasteiger charge is -1.98. The quantitative estimate of drug-likeness (QED) is 0.670. The maximum absolute atomic E-state index is 9.07. The van der Waals surface area contributed by atoms with Crippen molar-refractivity contribution in [1.82, 2.24) is 0 Å². The maximum Gasteiger partial charge on any atom is 0.115 e. The van der Waals surface area contributed by atoms with E-state index < -0.39 is 0 Å². The molecule has 70 valence electrons. The molecule has 1 fully saturated rings. The Labute approximate surface area is 77.1 Å². The van der Waals surface area contributed by atoms with Crippen molar-refractivity contribution in [2.24, 2.45) is 5.73 Å². The Balaban J connectivity index is 2.08. The summed E-state index contributed by atoms with van der Waals surface area (Å²) in [7, 11) is 0. The van der Waals surface area contributed by atoms with Crippen molar-refractivity contribution in [2.45, 2.75) is 25.2 Å². The number of phenols is 1. The summed E-state index contributed by atoms with van der Waals surface area (Å²) in [5.74, 6) is 0.279. The minimum atomic E-state index is 0.0683. The summed E-state index contributed by atoms with van der Waals surface area (Å²) in [6.45, 7) is 1.94. The van der Waals surface area contributed by atoms with Crippen LogP contribution < -0.4 is 5.73 Å². The van der Waals surface area contributed by atoms with Crippen LogP contribution in [0, 0.1) is 0 Å². The van der Waals surface area contributed by atoms with E-state index in [0.717, 1.165) is 5.56 Å². The molecule has 1 saturated heterocycles. The van der Waals surface area contributed by atoms with E-state index >= 15 is 0 Å². The zero-order valence-corrected chi connectivity index (χ0v) is 7.47. The van der Waals surface area contributed by atoms with Crippen LogP contribution in [-0.4, -0.2) is 17.3 Å². The Kier molecular flexibility index (Phi) is 1.98. The summed E-state index contributed by atoms with van der Waals surface area (Å²) in [6.07, 6.45) is 0.269. The van der Waals surface area contributed by atoms with Gasteiger partial charge in [0, 0.05) is 6.04 Å². The molecular weight excluding hydrogens is 166 g/mol. The van der Waals surface area contributed by atoms with Crippen LogP contribution in [0.4, 0.5) is 0 Å². The largest absolute Gasteiger partial charge is 0.508 e. The second kappa shape index (κ2) is 3.01. The summed E-state index contributed by atoms with van der Waals surface area (Å²) in [5, 5.41) is 9.07. The third-order valence-corrected chi connectivity index (χ3v) is 2.27. The van der Waals surface area contributed by atoms with Gasteiger partial charge in [0.15, 0.2) is 0 Å². The number of aromatic hydroxyl groups is 1. The highest BCUT2D eigenvalue weighted by Gasteiger charge is 2.42. The van der Waals surface area contributed by atoms with E-state index in [4.69, 9.17) is 15.6 Å². The van der Waals surface area contributed by atoms with Gasteiger partial charge in [-0.25, -0.2) is 0 Å². The van der Waals surface area contributed by atoms with E-state index in [2.05, 4.69) is 0 Å². The molecule has 13 heavy (non-hydrogen) atoms. The molecule has 3 nitrogen and oxygen atoms in total. The van der Waals surface area contributed by atoms with Gasteiger partial charge >= 0.3 is 0 Å². The van der Waals surface area contributed by atoms with Gasteiger partial charge in [0.1, 0.15) is 18.0 Å². The predicted molar refractivity (Wildman–Crippen MR) is 49.4 cm³/mol. The van der Waals surface area contributed by atoms with Crippen LogP contribution in [0.1, 0.15) is 18.6 Å². The molecule has 0 saturated carbocycles. The summed E-state index contributed by atoms with van der Waals surface area (Å²) >= 11 is 0. The van der Waals surface area contributed by atoms with E-state index in [1.54, 1.807) is 12.1 Å². The van der Waals surface area contributed by atoms with Gasteiger partial charge in [-0.2, -0.15) is 0 Å². The minimum Gasteiger partial charge on any atom is -0.508 e. The molecule has 3 heteroatoms. The van der Waals surface area contributed by atoms with Crippen molar-refractivity contribution < 1.29 is 9.84 Å². The Morgan fingerprint density at radius 3 is 2.46 bits per heavy atom. The summed E-state index contributed by atoms with van der Waals surface area (Å²) in [5.41, 5.74) is 6.76. The van der Waals surface area contributed by atoms with Crippen LogP contribution in [0.5, 0.6) is 5.75 Å². The molecule has 3 unspecified atom stereocenters. The van der Waals surface area contributed by atoms with Crippen LogP contribution in [0.2, 0.25) is 0 Å². The van der Waals surface area contributed by atoms with Crippen molar-refractivity contribution in [3.63, 3.8) is 0 Å². The van der Waals surface area contributed by atoms with E-state index in [1.807, 2.05) is 19.1 Å². The Morgan fingerprint density at radius 2 is 2.00 bits per heavy atom. The molecule has 0 radical (unpaired) electrons. The first-order valence-electron chi connectivity index (χ1n) is 4.38. The zero-order chi connectivity index (χ0) is 9.42. The average Bonchev–Trinajstić information content (AvgIpc) is 2.85. The Morgan fingerprint density at radius 1 is 1.38 bits per heavy atom. The molecule has 1 aliphatic heterocycles. The van der Waals surface area contributed by atoms with E-state index in [9.17, 15) is 0 Å². The fraction of sp³-hybridized carbons (Fsp3) is 0.400. The highest BCUT2D eigenvalue weighted by atomic mass is 16.6. The van der Waals surface area contributed by atoms with Gasteiger partial charge in [-0.15, -0.1) is 0 Å². The van der Waals surface area contributed by atoms with Gasteiger partial charge in [-0.3, -0.25) is 0 Å². The summed E-state index contributed by atoms with van der Waals surface area (Å²) in [6, 6.07) is 7.12. The normalized spacial score (nSPS) is 28.5. The molecular formula is C10H13NO2. The van der Waals surface area contributed by atoms with Crippen molar-refractivity contribution in [3.05, 3.63) is 29.8 Å². The van der Waals surface area contributed by atoms with Gasteiger partial charge in [0.25, 0.3) is 0 Å². The number of rotatable bonds is 2. The molecule has 1 heterocycles. The number of phenolic OH excluding ortho intramolecular Hbond substituents is 1. The third kappa shape index (κ3) is 1.66. The van der Waals surface area contributed by atoms with Crippen molar-refractivity contribution >= 4 is 0 Å². The standard InChI is InChI=1S/C10H13NO2/c1-6(11)9-10(13-9)7-2-4-8(12)5-3-7/h2-6,9-10,12H,11H2,1H3. The summed E-state index contributed by atoms with van der Waals surface area (Å²) in [4.78, 5) is 0. The van der Waals surface area contributed by atoms with Crippen molar-refractivity contribution in [3.8, 4) is 5.75 Å². The molecule has 0 aliphatic carbocycles. The maximum atomic E-state index is 9.07. The molecule has 1 aromatic carbocycles. The molecule has 0 spiro atoms. The average molecular weight is 179 g/mol. The van der Waals surface area contributed by atoms with Gasteiger partial charge in [0.05, 0.1) is 0 Å². The lowest BCUT2D eigenvalue weighted by molar-refractivity contribution is 0.355. The monoisotopic (exact) mass is 179 g/mol. The second-order valence-corrected chi connectivity index (χ2v) is 3.47. The molecule has 0 bridgehead atoms. The minimum absolute atomic E-state index is 0.0683. The lowest BCUT2D eigenvalue weighted by atomic mass is 10.1. The van der Waals surface area contributed by atoms with Crippen LogP contribution >= 0.6 is 0 Å². The molecule has 0 aromatic heterocycles. The molecule has 0 amide bonds. The third-order valence-electron chi connectivity index (χ3n) is 2.27. The molecule has 3 atom stereocenters. The Bertz CT molecular complexity index is 294. The number of nitrogens with two attached hydrogens (primary N) is 1. The van der Waals surface area contributed by atoms with Gasteiger partial charge in [0.2, 0.25) is 0 Å².